The molecule has 0 unspecified atom stereocenters. The molecule has 1 aromatic rings. The molecule has 0 saturated heterocycles. The number of rotatable bonds is 6. The van der Waals surface area contributed by atoms with Crippen LogP contribution in [0.1, 0.15) is 44.1 Å². The molecule has 0 radical (unpaired) electrons. The van der Waals surface area contributed by atoms with Gasteiger partial charge >= 0.3 is 6.03 Å². The number of amides is 2. The molecule has 1 aromatic carbocycles. The molecule has 0 atom stereocenters. The van der Waals surface area contributed by atoms with Crippen molar-refractivity contribution in [3.8, 4) is 23.8 Å². The monoisotopic (exact) mass is 368 g/mol. The van der Waals surface area contributed by atoms with E-state index in [9.17, 15) is 4.79 Å². The molecular formula is C22H28N2O3. The number of carbonyl (C=O) groups is 1. The molecule has 0 aromatic heterocycles. The molecule has 4 saturated carbocycles. The van der Waals surface area contributed by atoms with E-state index in [1.165, 1.54) is 19.3 Å². The predicted molar refractivity (Wildman–Crippen MR) is 104 cm³/mol. The van der Waals surface area contributed by atoms with Gasteiger partial charge in [0.1, 0.15) is 6.61 Å². The van der Waals surface area contributed by atoms with E-state index in [0.29, 0.717) is 18.0 Å². The maximum absolute atomic E-state index is 12.6. The highest BCUT2D eigenvalue weighted by Crippen LogP contribution is 2.55. The van der Waals surface area contributed by atoms with E-state index in [0.717, 1.165) is 42.6 Å². The molecule has 0 spiro atoms. The highest BCUT2D eigenvalue weighted by Gasteiger charge is 2.51. The molecule has 5 nitrogen and oxygen atoms in total. The first kappa shape index (κ1) is 18.0. The molecule has 5 rings (SSSR count). The van der Waals surface area contributed by atoms with Crippen molar-refractivity contribution in [2.75, 3.05) is 13.7 Å². The van der Waals surface area contributed by atoms with E-state index in [2.05, 4.69) is 16.6 Å². The number of terminal acetylenes is 1. The Bertz CT molecular complexity index is 717. The molecule has 4 aliphatic carbocycles. The minimum atomic E-state index is -0.0705. The van der Waals surface area contributed by atoms with Gasteiger partial charge in [-0.05, 0) is 74.0 Å². The lowest BCUT2D eigenvalue weighted by atomic mass is 9.53. The second-order valence-corrected chi connectivity index (χ2v) is 8.48. The zero-order chi connectivity index (χ0) is 18.9. The normalized spacial score (nSPS) is 30.4. The van der Waals surface area contributed by atoms with Gasteiger partial charge in [-0.2, -0.15) is 0 Å². The maximum Gasteiger partial charge on any atom is 0.315 e. The molecule has 27 heavy (non-hydrogen) atoms. The van der Waals surface area contributed by atoms with E-state index >= 15 is 0 Å². The third kappa shape index (κ3) is 3.85. The van der Waals surface area contributed by atoms with E-state index in [1.807, 2.05) is 18.2 Å². The summed E-state index contributed by atoms with van der Waals surface area (Å²) in [4.78, 5) is 12.6. The van der Waals surface area contributed by atoms with Crippen LogP contribution in [0.25, 0.3) is 0 Å². The Morgan fingerprint density at radius 1 is 1.19 bits per heavy atom. The molecule has 4 bridgehead atoms. The number of methoxy groups -OCH3 is 1. The van der Waals surface area contributed by atoms with Crippen LogP contribution in [0.3, 0.4) is 0 Å². The van der Waals surface area contributed by atoms with Gasteiger partial charge in [0.2, 0.25) is 0 Å². The highest BCUT2D eigenvalue weighted by atomic mass is 16.5. The number of nitrogens with one attached hydrogen (secondary N) is 2. The number of urea groups is 1. The van der Waals surface area contributed by atoms with E-state index in [4.69, 9.17) is 15.9 Å². The second-order valence-electron chi connectivity index (χ2n) is 8.48. The average molecular weight is 368 g/mol. The van der Waals surface area contributed by atoms with E-state index < -0.39 is 0 Å². The minimum Gasteiger partial charge on any atom is -0.493 e. The molecule has 0 heterocycles. The summed E-state index contributed by atoms with van der Waals surface area (Å²) < 4.78 is 10.8. The summed E-state index contributed by atoms with van der Waals surface area (Å²) >= 11 is 0. The predicted octanol–water partition coefficient (Wildman–Crippen LogP) is 3.48. The fourth-order valence-electron chi connectivity index (χ4n) is 5.79. The second kappa shape index (κ2) is 7.34. The largest absolute Gasteiger partial charge is 0.493 e. The molecule has 4 fully saturated rings. The van der Waals surface area contributed by atoms with Crippen LogP contribution in [0, 0.1) is 30.1 Å². The van der Waals surface area contributed by atoms with Gasteiger partial charge in [-0.3, -0.25) is 0 Å². The fourth-order valence-corrected chi connectivity index (χ4v) is 5.79. The molecule has 144 valence electrons. The molecule has 5 heteroatoms. The van der Waals surface area contributed by atoms with Crippen molar-refractivity contribution >= 4 is 6.03 Å². The third-order valence-corrected chi connectivity index (χ3v) is 6.41. The van der Waals surface area contributed by atoms with Crippen molar-refractivity contribution in [1.82, 2.24) is 10.6 Å². The van der Waals surface area contributed by atoms with Crippen molar-refractivity contribution in [2.24, 2.45) is 17.8 Å². The minimum absolute atomic E-state index is 0.0276. The van der Waals surface area contributed by atoms with Crippen LogP contribution >= 0.6 is 0 Å². The summed E-state index contributed by atoms with van der Waals surface area (Å²) in [5.74, 6) is 6.12. The topological polar surface area (TPSA) is 59.6 Å². The molecule has 2 amide bonds. The lowest BCUT2D eigenvalue weighted by molar-refractivity contribution is -0.0135. The number of hydrogen-bond acceptors (Lipinski definition) is 3. The Labute approximate surface area is 161 Å². The highest BCUT2D eigenvalue weighted by molar-refractivity contribution is 5.75. The smallest absolute Gasteiger partial charge is 0.315 e. The Morgan fingerprint density at radius 3 is 2.44 bits per heavy atom. The van der Waals surface area contributed by atoms with Gasteiger partial charge in [0.25, 0.3) is 0 Å². The number of carbonyl (C=O) groups excluding carboxylic acids is 1. The van der Waals surface area contributed by atoms with Crippen molar-refractivity contribution < 1.29 is 14.3 Å². The van der Waals surface area contributed by atoms with Gasteiger partial charge in [0.05, 0.1) is 7.11 Å². The van der Waals surface area contributed by atoms with Crippen LogP contribution in [0.15, 0.2) is 18.2 Å². The zero-order valence-electron chi connectivity index (χ0n) is 15.9. The third-order valence-electron chi connectivity index (χ3n) is 6.41. The van der Waals surface area contributed by atoms with Crippen molar-refractivity contribution in [3.63, 3.8) is 0 Å². The standard InChI is InChI=1S/C22H28N2O3/c1-3-6-27-20-10-15(4-5-19(20)26-2)14-23-21(25)24-22-11-16-7-17(12-22)9-18(8-16)13-22/h1,4-5,10,16-18H,6-9,11-14H2,2H3,(H2,23,24,25). The van der Waals surface area contributed by atoms with Crippen LogP contribution in [0.2, 0.25) is 0 Å². The number of hydrogen-bond donors (Lipinski definition) is 2. The van der Waals surface area contributed by atoms with E-state index in [1.54, 1.807) is 7.11 Å². The van der Waals surface area contributed by atoms with Gasteiger partial charge in [-0.1, -0.05) is 12.0 Å². The first-order valence-electron chi connectivity index (χ1n) is 9.88. The Hall–Kier alpha value is -2.35. The Morgan fingerprint density at radius 2 is 1.85 bits per heavy atom. The van der Waals surface area contributed by atoms with Crippen molar-refractivity contribution in [1.29, 1.82) is 0 Å². The lowest BCUT2D eigenvalue weighted by Gasteiger charge is -2.56. The van der Waals surface area contributed by atoms with Gasteiger partial charge in [0.15, 0.2) is 11.5 Å². The fraction of sp³-hybridized carbons (Fsp3) is 0.591. The van der Waals surface area contributed by atoms with Gasteiger partial charge < -0.3 is 20.1 Å². The molecular weight excluding hydrogens is 340 g/mol. The maximum atomic E-state index is 12.6. The summed E-state index contributed by atoms with van der Waals surface area (Å²) in [5, 5.41) is 6.34. The Kier molecular flexibility index (Phi) is 4.90. The van der Waals surface area contributed by atoms with E-state index in [-0.39, 0.29) is 18.2 Å². The number of benzene rings is 1. The van der Waals surface area contributed by atoms with Crippen LogP contribution in [-0.4, -0.2) is 25.3 Å². The van der Waals surface area contributed by atoms with Crippen LogP contribution < -0.4 is 20.1 Å². The van der Waals surface area contributed by atoms with Crippen molar-refractivity contribution in [2.45, 2.75) is 50.6 Å². The summed E-state index contributed by atoms with van der Waals surface area (Å²) in [7, 11) is 1.59. The first-order chi connectivity index (χ1) is 13.1. The SMILES string of the molecule is C#CCOc1cc(CNC(=O)NC23CC4CC(CC(C4)C2)C3)ccc1OC. The summed E-state index contributed by atoms with van der Waals surface area (Å²) in [6.07, 6.45) is 12.8. The number of ether oxygens (including phenoxy) is 2. The quantitative estimate of drug-likeness (QED) is 0.756. The van der Waals surface area contributed by atoms with Crippen LogP contribution in [-0.2, 0) is 6.54 Å². The zero-order valence-corrected chi connectivity index (χ0v) is 15.9. The first-order valence-corrected chi connectivity index (χ1v) is 9.88. The van der Waals surface area contributed by atoms with Gasteiger partial charge in [0, 0.05) is 12.1 Å². The van der Waals surface area contributed by atoms with Gasteiger partial charge in [-0.15, -0.1) is 6.42 Å². The lowest BCUT2D eigenvalue weighted by Crippen LogP contribution is -2.61. The Balaban J connectivity index is 1.35. The summed E-state index contributed by atoms with van der Waals surface area (Å²) in [6, 6.07) is 5.55. The van der Waals surface area contributed by atoms with Crippen LogP contribution in [0.5, 0.6) is 11.5 Å². The van der Waals surface area contributed by atoms with Crippen molar-refractivity contribution in [3.05, 3.63) is 23.8 Å². The summed E-state index contributed by atoms with van der Waals surface area (Å²) in [6.45, 7) is 0.619. The van der Waals surface area contributed by atoms with Gasteiger partial charge in [-0.25, -0.2) is 4.79 Å². The summed E-state index contributed by atoms with van der Waals surface area (Å²) in [5.41, 5.74) is 0.975. The molecule has 2 N–H and O–H groups in total. The molecule has 4 aliphatic rings. The molecule has 0 aliphatic heterocycles. The van der Waals surface area contributed by atoms with Crippen LogP contribution in [0.4, 0.5) is 4.79 Å². The average Bonchev–Trinajstić information content (AvgIpc) is 2.63.